The lowest BCUT2D eigenvalue weighted by molar-refractivity contribution is -0.141. The number of rotatable bonds is 6. The first-order chi connectivity index (χ1) is 9.97. The van der Waals surface area contributed by atoms with Gasteiger partial charge in [-0.3, -0.25) is 4.79 Å². The molecule has 0 bridgehead atoms. The van der Waals surface area contributed by atoms with E-state index < -0.39 is 5.97 Å². The second-order valence-corrected chi connectivity index (χ2v) is 4.54. The van der Waals surface area contributed by atoms with Gasteiger partial charge >= 0.3 is 11.9 Å². The molecule has 5 heteroatoms. The van der Waals surface area contributed by atoms with E-state index in [9.17, 15) is 9.59 Å². The van der Waals surface area contributed by atoms with Crippen molar-refractivity contribution in [3.05, 3.63) is 41.5 Å². The summed E-state index contributed by atoms with van der Waals surface area (Å²) in [4.78, 5) is 22.3. The lowest BCUT2D eigenvalue weighted by atomic mass is 9.97. The molecule has 0 aromatic heterocycles. The van der Waals surface area contributed by atoms with Crippen molar-refractivity contribution in [1.29, 1.82) is 0 Å². The molecule has 21 heavy (non-hydrogen) atoms. The lowest BCUT2D eigenvalue weighted by Crippen LogP contribution is -2.11. The normalized spacial score (nSPS) is 12.0. The molecule has 1 aromatic rings. The molecule has 0 spiro atoms. The minimum Gasteiger partial charge on any atom is -0.496 e. The van der Waals surface area contributed by atoms with E-state index >= 15 is 0 Å². The molecule has 0 radical (unpaired) electrons. The maximum atomic E-state index is 11.2. The largest absolute Gasteiger partial charge is 0.496 e. The van der Waals surface area contributed by atoms with Crippen molar-refractivity contribution >= 4 is 11.9 Å². The molecule has 0 heterocycles. The van der Waals surface area contributed by atoms with Crippen LogP contribution in [0.2, 0.25) is 0 Å². The van der Waals surface area contributed by atoms with Crippen molar-refractivity contribution in [2.45, 2.75) is 19.8 Å². The number of hydrogen-bond donors (Lipinski definition) is 0. The standard InChI is InChI=1S/C16H20O5/c1-11-5-7-14(15(9-11)19-3)13(10-21-12(2)17)6-8-16(18)20-4/h5-9,13H,10H2,1-4H3/b8-6+. The van der Waals surface area contributed by atoms with Crippen LogP contribution < -0.4 is 4.74 Å². The van der Waals surface area contributed by atoms with Gasteiger partial charge in [-0.1, -0.05) is 18.2 Å². The summed E-state index contributed by atoms with van der Waals surface area (Å²) in [7, 11) is 2.88. The maximum Gasteiger partial charge on any atom is 0.330 e. The van der Waals surface area contributed by atoms with Crippen molar-refractivity contribution in [2.24, 2.45) is 0 Å². The molecule has 0 saturated heterocycles. The molecule has 0 saturated carbocycles. The number of benzene rings is 1. The van der Waals surface area contributed by atoms with Gasteiger partial charge in [0.25, 0.3) is 0 Å². The van der Waals surface area contributed by atoms with E-state index in [4.69, 9.17) is 9.47 Å². The summed E-state index contributed by atoms with van der Waals surface area (Å²) in [5, 5.41) is 0. The quantitative estimate of drug-likeness (QED) is 0.595. The molecule has 0 N–H and O–H groups in total. The van der Waals surface area contributed by atoms with Gasteiger partial charge in [0.1, 0.15) is 12.4 Å². The van der Waals surface area contributed by atoms with Gasteiger partial charge < -0.3 is 14.2 Å². The summed E-state index contributed by atoms with van der Waals surface area (Å²) in [6, 6.07) is 5.72. The maximum absolute atomic E-state index is 11.2. The fraction of sp³-hybridized carbons (Fsp3) is 0.375. The third-order valence-corrected chi connectivity index (χ3v) is 2.92. The number of hydrogen-bond acceptors (Lipinski definition) is 5. The second-order valence-electron chi connectivity index (χ2n) is 4.54. The zero-order chi connectivity index (χ0) is 15.8. The molecule has 0 aliphatic carbocycles. The molecule has 0 aliphatic heterocycles. The van der Waals surface area contributed by atoms with Crippen LogP contribution in [-0.4, -0.2) is 32.8 Å². The van der Waals surface area contributed by atoms with Crippen LogP contribution in [0.1, 0.15) is 24.0 Å². The van der Waals surface area contributed by atoms with Gasteiger partial charge in [-0.2, -0.15) is 0 Å². The number of methoxy groups -OCH3 is 2. The Hall–Kier alpha value is -2.30. The van der Waals surface area contributed by atoms with E-state index in [1.807, 2.05) is 25.1 Å². The molecule has 5 nitrogen and oxygen atoms in total. The van der Waals surface area contributed by atoms with E-state index in [0.717, 1.165) is 11.1 Å². The molecule has 0 fully saturated rings. The highest BCUT2D eigenvalue weighted by molar-refractivity contribution is 5.82. The summed E-state index contributed by atoms with van der Waals surface area (Å²) in [6.07, 6.45) is 2.95. The number of carbonyl (C=O) groups is 2. The Morgan fingerprint density at radius 3 is 2.57 bits per heavy atom. The van der Waals surface area contributed by atoms with E-state index in [-0.39, 0.29) is 18.5 Å². The summed E-state index contributed by atoms with van der Waals surface area (Å²) in [5.41, 5.74) is 1.89. The van der Waals surface area contributed by atoms with Crippen molar-refractivity contribution in [3.63, 3.8) is 0 Å². The number of carbonyl (C=O) groups excluding carboxylic acids is 2. The summed E-state index contributed by atoms with van der Waals surface area (Å²) >= 11 is 0. The van der Waals surface area contributed by atoms with Gasteiger partial charge in [0.15, 0.2) is 0 Å². The van der Waals surface area contributed by atoms with Crippen LogP contribution in [0.25, 0.3) is 0 Å². The highest BCUT2D eigenvalue weighted by Gasteiger charge is 2.16. The second kappa shape index (κ2) is 8.09. The van der Waals surface area contributed by atoms with Crippen molar-refractivity contribution < 1.29 is 23.8 Å². The van der Waals surface area contributed by atoms with Crippen LogP contribution >= 0.6 is 0 Å². The van der Waals surface area contributed by atoms with E-state index in [1.165, 1.54) is 20.1 Å². The fourth-order valence-corrected chi connectivity index (χ4v) is 1.84. The van der Waals surface area contributed by atoms with Crippen LogP contribution in [0.4, 0.5) is 0 Å². The zero-order valence-corrected chi connectivity index (χ0v) is 12.7. The first-order valence-electron chi connectivity index (χ1n) is 6.52. The number of esters is 2. The third kappa shape index (κ3) is 5.30. The van der Waals surface area contributed by atoms with Gasteiger partial charge in [-0.25, -0.2) is 4.79 Å². The smallest absolute Gasteiger partial charge is 0.330 e. The van der Waals surface area contributed by atoms with Crippen molar-refractivity contribution in [1.82, 2.24) is 0 Å². The Morgan fingerprint density at radius 2 is 2.00 bits per heavy atom. The molecular weight excluding hydrogens is 272 g/mol. The Labute approximate surface area is 124 Å². The van der Waals surface area contributed by atoms with E-state index in [2.05, 4.69) is 4.74 Å². The van der Waals surface area contributed by atoms with E-state index in [1.54, 1.807) is 13.2 Å². The van der Waals surface area contributed by atoms with E-state index in [0.29, 0.717) is 5.75 Å². The van der Waals surface area contributed by atoms with Crippen molar-refractivity contribution in [3.8, 4) is 5.75 Å². The minimum absolute atomic E-state index is 0.127. The topological polar surface area (TPSA) is 61.8 Å². The predicted molar refractivity (Wildman–Crippen MR) is 78.3 cm³/mol. The monoisotopic (exact) mass is 292 g/mol. The Kier molecular flexibility index (Phi) is 6.46. The average molecular weight is 292 g/mol. The van der Waals surface area contributed by atoms with Gasteiger partial charge in [-0.15, -0.1) is 0 Å². The Morgan fingerprint density at radius 1 is 1.29 bits per heavy atom. The van der Waals surface area contributed by atoms with Crippen LogP contribution in [-0.2, 0) is 19.1 Å². The number of ether oxygens (including phenoxy) is 3. The fourth-order valence-electron chi connectivity index (χ4n) is 1.84. The highest BCUT2D eigenvalue weighted by Crippen LogP contribution is 2.29. The third-order valence-electron chi connectivity index (χ3n) is 2.92. The molecule has 1 aromatic carbocycles. The molecule has 1 rings (SSSR count). The molecule has 1 unspecified atom stereocenters. The van der Waals surface area contributed by atoms with Crippen LogP contribution in [0, 0.1) is 6.92 Å². The summed E-state index contributed by atoms with van der Waals surface area (Å²) in [5.74, 6) is -0.448. The first-order valence-corrected chi connectivity index (χ1v) is 6.52. The Balaban J connectivity index is 3.07. The summed E-state index contributed by atoms with van der Waals surface area (Å²) < 4.78 is 15.0. The molecule has 1 atom stereocenters. The van der Waals surface area contributed by atoms with Gasteiger partial charge in [0.2, 0.25) is 0 Å². The predicted octanol–water partition coefficient (Wildman–Crippen LogP) is 2.38. The highest BCUT2D eigenvalue weighted by atomic mass is 16.5. The van der Waals surface area contributed by atoms with Gasteiger partial charge in [-0.05, 0) is 18.6 Å². The van der Waals surface area contributed by atoms with Crippen molar-refractivity contribution in [2.75, 3.05) is 20.8 Å². The minimum atomic E-state index is -0.464. The SMILES string of the molecule is COC(=O)/C=C/C(COC(C)=O)c1ccc(C)cc1OC. The van der Waals surface area contributed by atoms with Crippen LogP contribution in [0.5, 0.6) is 5.75 Å². The first kappa shape index (κ1) is 16.8. The van der Waals surface area contributed by atoms with Gasteiger partial charge in [0, 0.05) is 24.5 Å². The molecule has 114 valence electrons. The lowest BCUT2D eigenvalue weighted by Gasteiger charge is -2.17. The van der Waals surface area contributed by atoms with Crippen LogP contribution in [0.15, 0.2) is 30.4 Å². The Bertz CT molecular complexity index is 533. The summed E-state index contributed by atoms with van der Waals surface area (Å²) in [6.45, 7) is 3.42. The molecular formula is C16H20O5. The van der Waals surface area contributed by atoms with Gasteiger partial charge in [0.05, 0.1) is 14.2 Å². The number of aryl methyl sites for hydroxylation is 1. The zero-order valence-electron chi connectivity index (χ0n) is 12.7. The molecule has 0 amide bonds. The average Bonchev–Trinajstić information content (AvgIpc) is 2.47. The molecule has 0 aliphatic rings. The van der Waals surface area contributed by atoms with Crippen LogP contribution in [0.3, 0.4) is 0 Å².